The first-order chi connectivity index (χ1) is 39.6. The third kappa shape index (κ3) is 47.4. The number of carbonyl (C=O) groups excluding carboxylic acids is 3. The van der Waals surface area contributed by atoms with Crippen LogP contribution in [0.4, 0.5) is 0 Å². The van der Waals surface area contributed by atoms with Gasteiger partial charge in [0.25, 0.3) is 0 Å². The largest absolute Gasteiger partial charge is 0.479 e. The second-order valence-electron chi connectivity index (χ2n) is 24.2. The number of rotatable bonds is 61. The predicted octanol–water partition coefficient (Wildman–Crippen LogP) is 18.8. The van der Waals surface area contributed by atoms with Gasteiger partial charge in [-0.3, -0.25) is 14.4 Å². The molecule has 6 atom stereocenters. The average Bonchev–Trinajstić information content (AvgIpc) is 3.53. The summed E-state index contributed by atoms with van der Waals surface area (Å²) in [6.45, 7) is 6.07. The van der Waals surface area contributed by atoms with Gasteiger partial charge in [0.05, 0.1) is 6.61 Å². The lowest BCUT2D eigenvalue weighted by Gasteiger charge is -2.40. The normalized spacial score (nSPS) is 17.7. The summed E-state index contributed by atoms with van der Waals surface area (Å²) in [5.41, 5.74) is 0. The van der Waals surface area contributed by atoms with Gasteiger partial charge in [0.2, 0.25) is 0 Å². The Kier molecular flexibility index (Phi) is 54.6. The number of ether oxygens (including phenoxy) is 5. The van der Waals surface area contributed by atoms with E-state index in [2.05, 4.69) is 32.9 Å². The second kappa shape index (κ2) is 57.9. The topological polar surface area (TPSA) is 175 Å². The van der Waals surface area contributed by atoms with Crippen LogP contribution < -0.4 is 0 Å². The molecule has 12 nitrogen and oxygen atoms in total. The zero-order valence-corrected chi connectivity index (χ0v) is 52.8. The van der Waals surface area contributed by atoms with Gasteiger partial charge < -0.3 is 39.0 Å². The van der Waals surface area contributed by atoms with Gasteiger partial charge in [0.15, 0.2) is 24.6 Å². The van der Waals surface area contributed by atoms with Gasteiger partial charge in [0.1, 0.15) is 18.8 Å². The number of unbranched alkanes of at least 4 members (excludes halogenated alkanes) is 45. The van der Waals surface area contributed by atoms with Crippen LogP contribution in [0.25, 0.3) is 0 Å². The first-order valence-corrected chi connectivity index (χ1v) is 34.7. The fourth-order valence-corrected chi connectivity index (χ4v) is 11.0. The minimum Gasteiger partial charge on any atom is -0.479 e. The van der Waals surface area contributed by atoms with Gasteiger partial charge in [-0.25, -0.2) is 4.79 Å². The zero-order valence-electron chi connectivity index (χ0n) is 52.8. The highest BCUT2D eigenvalue weighted by Gasteiger charge is 2.50. The summed E-state index contributed by atoms with van der Waals surface area (Å²) in [6, 6.07) is 0. The van der Waals surface area contributed by atoms with E-state index in [0.29, 0.717) is 19.3 Å². The summed E-state index contributed by atoms with van der Waals surface area (Å²) in [5, 5.41) is 31.6. The number of esters is 3. The van der Waals surface area contributed by atoms with Crippen LogP contribution in [0, 0.1) is 0 Å². The molecule has 12 heteroatoms. The SMILES string of the molecule is CCCCCCCC/C=C\CCCCCCCC(=O)OC1C(OCC(COC(=O)CCCCCCCCCCCCCCCCCCCCC)OC(=O)CCCCCCCCCCCCCCCCCCC)OC(C(=O)O)C(O)C1O. The highest BCUT2D eigenvalue weighted by Crippen LogP contribution is 2.27. The van der Waals surface area contributed by atoms with Crippen LogP contribution >= 0.6 is 0 Å². The van der Waals surface area contributed by atoms with Crippen LogP contribution in [0.15, 0.2) is 12.2 Å². The number of carboxylic acid groups (broad SMARTS) is 1. The summed E-state index contributed by atoms with van der Waals surface area (Å²) >= 11 is 0. The molecule has 1 rings (SSSR count). The lowest BCUT2D eigenvalue weighted by molar-refractivity contribution is -0.301. The van der Waals surface area contributed by atoms with Crippen LogP contribution in [0.5, 0.6) is 0 Å². The van der Waals surface area contributed by atoms with Crippen molar-refractivity contribution in [1.29, 1.82) is 0 Å². The van der Waals surface area contributed by atoms with Gasteiger partial charge in [0, 0.05) is 19.3 Å². The highest BCUT2D eigenvalue weighted by atomic mass is 16.7. The van der Waals surface area contributed by atoms with Gasteiger partial charge in [-0.15, -0.1) is 0 Å². The molecule has 0 aromatic heterocycles. The van der Waals surface area contributed by atoms with Crippen molar-refractivity contribution in [2.75, 3.05) is 13.2 Å². The number of hydrogen-bond donors (Lipinski definition) is 3. The Morgan fingerprint density at radius 3 is 1.05 bits per heavy atom. The van der Waals surface area contributed by atoms with Crippen LogP contribution in [0.1, 0.15) is 355 Å². The maximum atomic E-state index is 13.2. The number of carboxylic acids is 1. The van der Waals surface area contributed by atoms with Crippen molar-refractivity contribution >= 4 is 23.9 Å². The zero-order chi connectivity index (χ0) is 58.9. The van der Waals surface area contributed by atoms with Gasteiger partial charge in [-0.1, -0.05) is 303 Å². The fourth-order valence-electron chi connectivity index (χ4n) is 11.0. The van der Waals surface area contributed by atoms with Crippen molar-refractivity contribution in [3.8, 4) is 0 Å². The first-order valence-electron chi connectivity index (χ1n) is 34.7. The molecular formula is C69H128O12. The van der Waals surface area contributed by atoms with E-state index in [1.807, 2.05) is 0 Å². The minimum atomic E-state index is -1.90. The van der Waals surface area contributed by atoms with E-state index in [1.54, 1.807) is 0 Å². The molecule has 1 heterocycles. The molecule has 6 unspecified atom stereocenters. The van der Waals surface area contributed by atoms with E-state index in [9.17, 15) is 34.5 Å². The quantitative estimate of drug-likeness (QED) is 0.0228. The van der Waals surface area contributed by atoms with Crippen LogP contribution in [0.3, 0.4) is 0 Å². The van der Waals surface area contributed by atoms with Crippen molar-refractivity contribution in [3.05, 3.63) is 12.2 Å². The Labute approximate surface area is 496 Å². The number of aliphatic carboxylic acids is 1. The van der Waals surface area contributed by atoms with E-state index in [0.717, 1.165) is 77.0 Å². The smallest absolute Gasteiger partial charge is 0.335 e. The van der Waals surface area contributed by atoms with E-state index in [4.69, 9.17) is 23.7 Å². The third-order valence-electron chi connectivity index (χ3n) is 16.3. The molecule has 1 fully saturated rings. The molecular weight excluding hydrogens is 1020 g/mol. The molecule has 0 aromatic rings. The van der Waals surface area contributed by atoms with Crippen molar-refractivity contribution in [2.24, 2.45) is 0 Å². The lowest BCUT2D eigenvalue weighted by Crippen LogP contribution is -2.61. The van der Waals surface area contributed by atoms with E-state index < -0.39 is 67.3 Å². The monoisotopic (exact) mass is 1150 g/mol. The van der Waals surface area contributed by atoms with Gasteiger partial charge in [-0.05, 0) is 44.9 Å². The second-order valence-corrected chi connectivity index (χ2v) is 24.2. The Hall–Kier alpha value is -2.54. The minimum absolute atomic E-state index is 0.0572. The van der Waals surface area contributed by atoms with E-state index >= 15 is 0 Å². The van der Waals surface area contributed by atoms with Gasteiger partial charge >= 0.3 is 23.9 Å². The molecule has 1 saturated heterocycles. The van der Waals surface area contributed by atoms with Crippen molar-refractivity contribution in [3.63, 3.8) is 0 Å². The molecule has 0 spiro atoms. The molecule has 0 bridgehead atoms. The number of allylic oxidation sites excluding steroid dienone is 2. The van der Waals surface area contributed by atoms with Gasteiger partial charge in [-0.2, -0.15) is 0 Å². The number of aliphatic hydroxyl groups is 2. The molecule has 0 saturated carbocycles. The number of hydrogen-bond acceptors (Lipinski definition) is 11. The number of carbonyl (C=O) groups is 4. The number of aliphatic hydroxyl groups excluding tert-OH is 2. The summed E-state index contributed by atoms with van der Waals surface area (Å²) in [7, 11) is 0. The summed E-state index contributed by atoms with van der Waals surface area (Å²) in [6.07, 6.45) is 54.5. The highest BCUT2D eigenvalue weighted by molar-refractivity contribution is 5.74. The summed E-state index contributed by atoms with van der Waals surface area (Å²) < 4.78 is 28.6. The summed E-state index contributed by atoms with van der Waals surface area (Å²) in [4.78, 5) is 51.4. The van der Waals surface area contributed by atoms with Crippen molar-refractivity contribution < 1.29 is 58.2 Å². The van der Waals surface area contributed by atoms with E-state index in [1.165, 1.54) is 218 Å². The Morgan fingerprint density at radius 1 is 0.395 bits per heavy atom. The Balaban J connectivity index is 2.61. The Bertz CT molecular complexity index is 1460. The molecule has 0 aromatic carbocycles. The standard InChI is InChI=1S/C69H128O12/c1-4-7-10-13-16-19-22-25-28-30-31-33-35-37-40-43-46-49-52-55-61(70)77-58-60(79-62(71)56-53-50-47-44-41-39-36-32-29-26-23-20-17-14-11-8-5-2)59-78-69-67(65(74)64(73)66(81-69)68(75)76)80-63(72)57-54-51-48-45-42-38-34-27-24-21-18-15-12-9-6-3/h27,34,60,64-67,69,73-74H,4-26,28-33,35-59H2,1-3H3,(H,75,76)/b34-27-. The maximum absolute atomic E-state index is 13.2. The lowest BCUT2D eigenvalue weighted by atomic mass is 9.98. The Morgan fingerprint density at radius 2 is 0.704 bits per heavy atom. The maximum Gasteiger partial charge on any atom is 0.335 e. The fraction of sp³-hybridized carbons (Fsp3) is 0.913. The third-order valence-corrected chi connectivity index (χ3v) is 16.3. The molecule has 476 valence electrons. The predicted molar refractivity (Wildman–Crippen MR) is 331 cm³/mol. The summed E-state index contributed by atoms with van der Waals surface area (Å²) in [5.74, 6) is -3.08. The molecule has 1 aliphatic rings. The molecule has 1 aliphatic heterocycles. The average molecular weight is 1150 g/mol. The molecule has 3 N–H and O–H groups in total. The van der Waals surface area contributed by atoms with Crippen LogP contribution in [0.2, 0.25) is 0 Å². The molecule has 0 aliphatic carbocycles. The van der Waals surface area contributed by atoms with Crippen molar-refractivity contribution in [2.45, 2.75) is 391 Å². The van der Waals surface area contributed by atoms with Crippen LogP contribution in [-0.2, 0) is 42.9 Å². The molecule has 0 radical (unpaired) electrons. The van der Waals surface area contributed by atoms with E-state index in [-0.39, 0.29) is 25.9 Å². The van der Waals surface area contributed by atoms with Crippen molar-refractivity contribution in [1.82, 2.24) is 0 Å². The molecule has 81 heavy (non-hydrogen) atoms. The molecule has 0 amide bonds. The van der Waals surface area contributed by atoms with Crippen LogP contribution in [-0.4, -0.2) is 89.2 Å². The first kappa shape index (κ1) is 76.5.